The highest BCUT2D eigenvalue weighted by atomic mass is 16.5. The van der Waals surface area contributed by atoms with Gasteiger partial charge in [0.15, 0.2) is 0 Å². The molecule has 50 heavy (non-hydrogen) atoms. The highest BCUT2D eigenvalue weighted by Gasteiger charge is 2.46. The summed E-state index contributed by atoms with van der Waals surface area (Å²) in [4.78, 5) is 0. The first kappa shape index (κ1) is 28.8. The summed E-state index contributed by atoms with van der Waals surface area (Å²) >= 11 is 0. The Bertz CT molecular complexity index is 2580. The molecule has 1 aliphatic heterocycles. The van der Waals surface area contributed by atoms with E-state index < -0.39 is 5.41 Å². The third-order valence-corrected chi connectivity index (χ3v) is 11.3. The van der Waals surface area contributed by atoms with Crippen LogP contribution in [-0.2, 0) is 10.8 Å². The first-order valence-electron chi connectivity index (χ1n) is 17.4. The first-order chi connectivity index (χ1) is 24.7. The zero-order valence-corrected chi connectivity index (χ0v) is 27.8. The summed E-state index contributed by atoms with van der Waals surface area (Å²) in [5, 5.41) is 2.51. The number of hydrogen-bond acceptors (Lipinski definition) is 1. The van der Waals surface area contributed by atoms with Crippen molar-refractivity contribution in [2.24, 2.45) is 0 Å². The van der Waals surface area contributed by atoms with E-state index in [1.54, 1.807) is 0 Å². The van der Waals surface area contributed by atoms with Gasteiger partial charge in [-0.25, -0.2) is 0 Å². The molecular weight excluding hydrogens is 605 g/mol. The fourth-order valence-corrected chi connectivity index (χ4v) is 8.89. The molecule has 0 radical (unpaired) electrons. The predicted molar refractivity (Wildman–Crippen MR) is 205 cm³/mol. The van der Waals surface area contributed by atoms with E-state index in [-0.39, 0.29) is 5.41 Å². The third-order valence-electron chi connectivity index (χ3n) is 11.3. The minimum absolute atomic E-state index is 0.344. The van der Waals surface area contributed by atoms with Crippen LogP contribution in [0.5, 0.6) is 11.5 Å². The van der Waals surface area contributed by atoms with Gasteiger partial charge in [0.2, 0.25) is 0 Å². The van der Waals surface area contributed by atoms with Crippen LogP contribution in [0.15, 0.2) is 188 Å². The van der Waals surface area contributed by atoms with E-state index in [1.807, 2.05) is 0 Å². The zero-order chi connectivity index (χ0) is 33.3. The summed E-state index contributed by atoms with van der Waals surface area (Å²) in [7, 11) is 0. The number of hydrogen-bond donors (Lipinski definition) is 0. The smallest absolute Gasteiger partial charge is 0.132 e. The van der Waals surface area contributed by atoms with E-state index in [4.69, 9.17) is 4.74 Å². The van der Waals surface area contributed by atoms with Crippen LogP contribution in [0.25, 0.3) is 33.0 Å². The number of rotatable bonds is 4. The van der Waals surface area contributed by atoms with Crippen LogP contribution in [0.1, 0.15) is 45.9 Å². The Kier molecular flexibility index (Phi) is 6.29. The summed E-state index contributed by atoms with van der Waals surface area (Å²) in [5.41, 5.74) is 12.8. The molecular formula is C49H34O. The van der Waals surface area contributed by atoms with Crippen molar-refractivity contribution in [1.29, 1.82) is 0 Å². The quantitative estimate of drug-likeness (QED) is 0.186. The molecule has 10 rings (SSSR count). The van der Waals surface area contributed by atoms with Gasteiger partial charge in [-0.05, 0) is 98.1 Å². The Labute approximate surface area is 293 Å². The van der Waals surface area contributed by atoms with Crippen molar-refractivity contribution in [3.05, 3.63) is 227 Å². The van der Waals surface area contributed by atoms with Crippen molar-refractivity contribution in [3.63, 3.8) is 0 Å². The van der Waals surface area contributed by atoms with E-state index in [2.05, 4.69) is 195 Å². The average molecular weight is 639 g/mol. The SMILES string of the molecule is CC1(c2ccccc2)c2ccccc2Oc2cc(-c3cccc(C4(c5ccccc5)c5ccccc5-c5cc6ccccc6cc54)c3)ccc21. The molecule has 0 fully saturated rings. The lowest BCUT2D eigenvalue weighted by atomic mass is 9.67. The summed E-state index contributed by atoms with van der Waals surface area (Å²) in [5.74, 6) is 1.81. The zero-order valence-electron chi connectivity index (χ0n) is 27.8. The van der Waals surface area contributed by atoms with Gasteiger partial charge in [-0.1, -0.05) is 158 Å². The highest BCUT2D eigenvalue weighted by molar-refractivity contribution is 5.96. The van der Waals surface area contributed by atoms with E-state index in [0.29, 0.717) is 0 Å². The maximum Gasteiger partial charge on any atom is 0.132 e. The molecule has 2 unspecified atom stereocenters. The molecule has 0 saturated heterocycles. The van der Waals surface area contributed by atoms with E-state index in [1.165, 1.54) is 60.8 Å². The lowest BCUT2D eigenvalue weighted by Gasteiger charge is -2.38. The van der Waals surface area contributed by atoms with Gasteiger partial charge in [0.1, 0.15) is 11.5 Å². The fourth-order valence-electron chi connectivity index (χ4n) is 8.89. The van der Waals surface area contributed by atoms with Crippen molar-refractivity contribution >= 4 is 10.8 Å². The molecule has 1 aliphatic carbocycles. The van der Waals surface area contributed by atoms with Crippen LogP contribution in [0.4, 0.5) is 0 Å². The summed E-state index contributed by atoms with van der Waals surface area (Å²) in [6.07, 6.45) is 0. The van der Waals surface area contributed by atoms with Gasteiger partial charge in [-0.2, -0.15) is 0 Å². The average Bonchev–Trinajstić information content (AvgIpc) is 3.47. The predicted octanol–water partition coefficient (Wildman–Crippen LogP) is 12.3. The largest absolute Gasteiger partial charge is 0.457 e. The Hall–Kier alpha value is -6.18. The Morgan fingerprint density at radius 2 is 0.960 bits per heavy atom. The van der Waals surface area contributed by atoms with Crippen LogP contribution in [0, 0.1) is 0 Å². The molecule has 0 spiro atoms. The van der Waals surface area contributed by atoms with Crippen molar-refractivity contribution < 1.29 is 4.74 Å². The van der Waals surface area contributed by atoms with Crippen molar-refractivity contribution in [2.75, 3.05) is 0 Å². The molecule has 0 amide bonds. The van der Waals surface area contributed by atoms with Gasteiger partial charge >= 0.3 is 0 Å². The summed E-state index contributed by atoms with van der Waals surface area (Å²) in [6.45, 7) is 2.32. The summed E-state index contributed by atoms with van der Waals surface area (Å²) in [6, 6.07) is 68.8. The molecule has 0 bridgehead atoms. The minimum atomic E-state index is -0.483. The fraction of sp³-hybridized carbons (Fsp3) is 0.0612. The minimum Gasteiger partial charge on any atom is -0.457 e. The second-order valence-corrected chi connectivity index (χ2v) is 13.8. The van der Waals surface area contributed by atoms with E-state index in [0.717, 1.165) is 22.6 Å². The lowest BCUT2D eigenvalue weighted by Crippen LogP contribution is -2.29. The molecule has 0 N–H and O–H groups in total. The van der Waals surface area contributed by atoms with Crippen LogP contribution < -0.4 is 4.74 Å². The molecule has 8 aromatic rings. The Morgan fingerprint density at radius 3 is 1.76 bits per heavy atom. The van der Waals surface area contributed by atoms with Crippen LogP contribution in [0.2, 0.25) is 0 Å². The second-order valence-electron chi connectivity index (χ2n) is 13.8. The van der Waals surface area contributed by atoms with Crippen molar-refractivity contribution in [1.82, 2.24) is 0 Å². The Morgan fingerprint density at radius 1 is 0.360 bits per heavy atom. The third kappa shape index (κ3) is 4.01. The van der Waals surface area contributed by atoms with Gasteiger partial charge in [0.25, 0.3) is 0 Å². The van der Waals surface area contributed by atoms with E-state index >= 15 is 0 Å². The Balaban J connectivity index is 1.19. The maximum absolute atomic E-state index is 6.71. The number of benzene rings is 8. The lowest BCUT2D eigenvalue weighted by molar-refractivity contribution is 0.427. The van der Waals surface area contributed by atoms with Crippen LogP contribution >= 0.6 is 0 Å². The van der Waals surface area contributed by atoms with Gasteiger partial charge in [-0.15, -0.1) is 0 Å². The number of ether oxygens (including phenoxy) is 1. The van der Waals surface area contributed by atoms with E-state index in [9.17, 15) is 0 Å². The second kappa shape index (κ2) is 10.9. The number of fused-ring (bicyclic) bond motifs is 6. The molecule has 8 aromatic carbocycles. The standard InChI is InChI=1S/C49H34O/c1-48(37-18-4-2-5-19-37)43-25-12-13-26-46(43)50-47-32-36(27-28-44(47)48)33-17-14-22-39(29-33)49(38-20-6-3-7-21-38)42-24-11-10-23-40(42)41-30-34-15-8-9-16-35(34)31-45(41)49/h2-32H,1H3. The topological polar surface area (TPSA) is 9.23 Å². The molecule has 1 heterocycles. The molecule has 1 heteroatoms. The summed E-state index contributed by atoms with van der Waals surface area (Å²) < 4.78 is 6.71. The molecule has 1 nitrogen and oxygen atoms in total. The molecule has 2 aliphatic rings. The molecule has 236 valence electrons. The maximum atomic E-state index is 6.71. The molecule has 2 atom stereocenters. The first-order valence-corrected chi connectivity index (χ1v) is 17.4. The van der Waals surface area contributed by atoms with Crippen molar-refractivity contribution in [3.8, 4) is 33.8 Å². The monoisotopic (exact) mass is 638 g/mol. The van der Waals surface area contributed by atoms with Crippen LogP contribution in [-0.4, -0.2) is 0 Å². The van der Waals surface area contributed by atoms with Gasteiger partial charge in [-0.3, -0.25) is 0 Å². The van der Waals surface area contributed by atoms with Crippen molar-refractivity contribution in [2.45, 2.75) is 17.8 Å². The van der Waals surface area contributed by atoms with Gasteiger partial charge in [0, 0.05) is 16.5 Å². The highest BCUT2D eigenvalue weighted by Crippen LogP contribution is 2.57. The molecule has 0 aromatic heterocycles. The normalized spacial score (nSPS) is 18.4. The van der Waals surface area contributed by atoms with Crippen LogP contribution in [0.3, 0.4) is 0 Å². The van der Waals surface area contributed by atoms with Gasteiger partial charge < -0.3 is 4.74 Å². The number of para-hydroxylation sites is 1. The van der Waals surface area contributed by atoms with Gasteiger partial charge in [0.05, 0.1) is 5.41 Å². The molecule has 0 saturated carbocycles.